The Hall–Kier alpha value is -2.42. The standard InChI is InChI=1S/C23H29NO6S/c1-23(22(26)30-3,18-8-10-19(25)11-9-18)24-31(27,28)21-14-6-17(7-15-21)16-4-12-20(29-2)13-5-16/h4-7,12-15,18-19,24-25H,8-11H2,1-3H3. The number of hydrogen-bond donors (Lipinski definition) is 2. The predicted octanol–water partition coefficient (Wildman–Crippen LogP) is 3.12. The van der Waals surface area contributed by atoms with E-state index < -0.39 is 27.6 Å². The number of hydrogen-bond acceptors (Lipinski definition) is 6. The summed E-state index contributed by atoms with van der Waals surface area (Å²) in [6.07, 6.45) is 1.70. The molecule has 0 amide bonds. The molecule has 1 saturated carbocycles. The molecule has 0 spiro atoms. The van der Waals surface area contributed by atoms with Crippen LogP contribution in [0.15, 0.2) is 53.4 Å². The Morgan fingerprint density at radius 3 is 1.97 bits per heavy atom. The lowest BCUT2D eigenvalue weighted by Crippen LogP contribution is -2.58. The fraction of sp³-hybridized carbons (Fsp3) is 0.435. The van der Waals surface area contributed by atoms with Gasteiger partial charge in [0.25, 0.3) is 0 Å². The summed E-state index contributed by atoms with van der Waals surface area (Å²) in [5, 5.41) is 9.79. The number of carbonyl (C=O) groups is 1. The molecule has 0 heterocycles. The van der Waals surface area contributed by atoms with Crippen molar-refractivity contribution in [3.05, 3.63) is 48.5 Å². The molecule has 1 aliphatic carbocycles. The molecule has 1 atom stereocenters. The number of benzene rings is 2. The maximum Gasteiger partial charge on any atom is 0.327 e. The molecule has 2 aromatic carbocycles. The van der Waals surface area contributed by atoms with Gasteiger partial charge in [-0.25, -0.2) is 8.42 Å². The number of aliphatic hydroxyl groups is 1. The normalized spacial score (nSPS) is 21.2. The molecular weight excluding hydrogens is 418 g/mol. The van der Waals surface area contributed by atoms with Crippen LogP contribution in [0.1, 0.15) is 32.6 Å². The van der Waals surface area contributed by atoms with E-state index >= 15 is 0 Å². The molecule has 8 heteroatoms. The third-order valence-corrected chi connectivity index (χ3v) is 7.64. The zero-order valence-corrected chi connectivity index (χ0v) is 18.8. The second kappa shape index (κ2) is 9.38. The number of sulfonamides is 1. The van der Waals surface area contributed by atoms with Gasteiger partial charge in [-0.15, -0.1) is 0 Å². The van der Waals surface area contributed by atoms with Crippen molar-refractivity contribution in [3.8, 4) is 16.9 Å². The van der Waals surface area contributed by atoms with Crippen LogP contribution in [0.4, 0.5) is 0 Å². The van der Waals surface area contributed by atoms with E-state index in [0.717, 1.165) is 16.9 Å². The van der Waals surface area contributed by atoms with Gasteiger partial charge in [0, 0.05) is 0 Å². The monoisotopic (exact) mass is 447 g/mol. The third kappa shape index (κ3) is 5.08. The molecule has 168 valence electrons. The number of ether oxygens (including phenoxy) is 2. The van der Waals surface area contributed by atoms with Crippen LogP contribution in [0.25, 0.3) is 11.1 Å². The lowest BCUT2D eigenvalue weighted by molar-refractivity contribution is -0.150. The first kappa shape index (κ1) is 23.2. The van der Waals surface area contributed by atoms with Gasteiger partial charge in [-0.05, 0) is 73.9 Å². The van der Waals surface area contributed by atoms with Crippen molar-refractivity contribution in [1.82, 2.24) is 4.72 Å². The summed E-state index contributed by atoms with van der Waals surface area (Å²) < 4.78 is 38.9. The topological polar surface area (TPSA) is 102 Å². The minimum Gasteiger partial charge on any atom is -0.497 e. The highest BCUT2D eigenvalue weighted by Gasteiger charge is 2.46. The van der Waals surface area contributed by atoms with Crippen LogP contribution in [0.5, 0.6) is 5.75 Å². The van der Waals surface area contributed by atoms with Crippen molar-refractivity contribution in [2.45, 2.75) is 49.1 Å². The van der Waals surface area contributed by atoms with Crippen molar-refractivity contribution in [2.24, 2.45) is 5.92 Å². The van der Waals surface area contributed by atoms with E-state index in [9.17, 15) is 18.3 Å². The number of methoxy groups -OCH3 is 2. The highest BCUT2D eigenvalue weighted by Crippen LogP contribution is 2.35. The van der Waals surface area contributed by atoms with E-state index in [1.807, 2.05) is 24.3 Å². The molecule has 2 N–H and O–H groups in total. The van der Waals surface area contributed by atoms with Gasteiger partial charge in [0.15, 0.2) is 0 Å². The maximum atomic E-state index is 13.1. The van der Waals surface area contributed by atoms with Crippen molar-refractivity contribution in [1.29, 1.82) is 0 Å². The van der Waals surface area contributed by atoms with Crippen molar-refractivity contribution < 1.29 is 27.8 Å². The first-order chi connectivity index (χ1) is 14.7. The molecule has 2 aromatic rings. The highest BCUT2D eigenvalue weighted by atomic mass is 32.2. The second-order valence-corrected chi connectivity index (χ2v) is 9.74. The summed E-state index contributed by atoms with van der Waals surface area (Å²) in [6.45, 7) is 1.56. The molecule has 0 aliphatic heterocycles. The van der Waals surface area contributed by atoms with Gasteiger partial charge in [0.05, 0.1) is 25.2 Å². The molecule has 3 rings (SSSR count). The average molecular weight is 448 g/mol. The van der Waals surface area contributed by atoms with Gasteiger partial charge in [0.1, 0.15) is 11.3 Å². The van der Waals surface area contributed by atoms with E-state index in [0.29, 0.717) is 25.7 Å². The number of aliphatic hydroxyl groups excluding tert-OH is 1. The third-order valence-electron chi connectivity index (χ3n) is 6.06. The highest BCUT2D eigenvalue weighted by molar-refractivity contribution is 7.89. The molecule has 0 saturated heterocycles. The number of rotatable bonds is 7. The van der Waals surface area contributed by atoms with Gasteiger partial charge >= 0.3 is 5.97 Å². The van der Waals surface area contributed by atoms with E-state index in [2.05, 4.69) is 4.72 Å². The van der Waals surface area contributed by atoms with Crippen molar-refractivity contribution in [2.75, 3.05) is 14.2 Å². The summed E-state index contributed by atoms with van der Waals surface area (Å²) in [5.41, 5.74) is 0.374. The Labute approximate surface area is 183 Å². The molecule has 31 heavy (non-hydrogen) atoms. The zero-order chi connectivity index (χ0) is 22.6. The Bertz CT molecular complexity index is 995. The van der Waals surface area contributed by atoms with E-state index in [1.54, 1.807) is 26.2 Å². The van der Waals surface area contributed by atoms with Crippen LogP contribution >= 0.6 is 0 Å². The maximum absolute atomic E-state index is 13.1. The molecule has 0 radical (unpaired) electrons. The summed E-state index contributed by atoms with van der Waals surface area (Å²) in [7, 11) is -1.14. The summed E-state index contributed by atoms with van der Waals surface area (Å²) >= 11 is 0. The van der Waals surface area contributed by atoms with E-state index in [-0.39, 0.29) is 10.8 Å². The molecule has 7 nitrogen and oxygen atoms in total. The lowest BCUT2D eigenvalue weighted by atomic mass is 9.75. The lowest BCUT2D eigenvalue weighted by Gasteiger charge is -2.38. The van der Waals surface area contributed by atoms with Crippen LogP contribution < -0.4 is 9.46 Å². The molecule has 0 bridgehead atoms. The van der Waals surface area contributed by atoms with Crippen LogP contribution in [-0.2, 0) is 19.6 Å². The van der Waals surface area contributed by atoms with Crippen molar-refractivity contribution >= 4 is 16.0 Å². The molecular formula is C23H29NO6S. The molecule has 1 aliphatic rings. The number of carbonyl (C=O) groups excluding carboxylic acids is 1. The Kier molecular flexibility index (Phi) is 7.03. The first-order valence-electron chi connectivity index (χ1n) is 10.2. The molecule has 1 unspecified atom stereocenters. The minimum atomic E-state index is -3.98. The van der Waals surface area contributed by atoms with Crippen LogP contribution in [0.3, 0.4) is 0 Å². The van der Waals surface area contributed by atoms with E-state index in [4.69, 9.17) is 9.47 Å². The predicted molar refractivity (Wildman–Crippen MR) is 117 cm³/mol. The van der Waals surface area contributed by atoms with Gasteiger partial charge in [-0.3, -0.25) is 4.79 Å². The summed E-state index contributed by atoms with van der Waals surface area (Å²) in [4.78, 5) is 12.7. The first-order valence-corrected chi connectivity index (χ1v) is 11.7. The summed E-state index contributed by atoms with van der Waals surface area (Å²) in [5.74, 6) is -0.159. The van der Waals surface area contributed by atoms with E-state index in [1.165, 1.54) is 19.2 Å². The smallest absolute Gasteiger partial charge is 0.327 e. The number of esters is 1. The minimum absolute atomic E-state index is 0.0655. The summed E-state index contributed by atoms with van der Waals surface area (Å²) in [6, 6.07) is 14.0. The quantitative estimate of drug-likeness (QED) is 0.633. The Balaban J connectivity index is 1.84. The van der Waals surface area contributed by atoms with Gasteiger partial charge in [-0.1, -0.05) is 24.3 Å². The van der Waals surface area contributed by atoms with Crippen LogP contribution in [-0.4, -0.2) is 45.4 Å². The fourth-order valence-electron chi connectivity index (χ4n) is 4.10. The van der Waals surface area contributed by atoms with Crippen LogP contribution in [0, 0.1) is 5.92 Å². The number of nitrogens with one attached hydrogen (secondary N) is 1. The average Bonchev–Trinajstić information content (AvgIpc) is 2.78. The van der Waals surface area contributed by atoms with Crippen LogP contribution in [0.2, 0.25) is 0 Å². The Morgan fingerprint density at radius 1 is 0.968 bits per heavy atom. The van der Waals surface area contributed by atoms with Gasteiger partial charge in [-0.2, -0.15) is 4.72 Å². The van der Waals surface area contributed by atoms with Gasteiger partial charge < -0.3 is 14.6 Å². The second-order valence-electron chi connectivity index (χ2n) is 8.06. The fourth-order valence-corrected chi connectivity index (χ4v) is 5.53. The Morgan fingerprint density at radius 2 is 1.48 bits per heavy atom. The zero-order valence-electron chi connectivity index (χ0n) is 18.0. The SMILES string of the molecule is COC(=O)C(C)(NS(=O)(=O)c1ccc(-c2ccc(OC)cc2)cc1)C1CCC(O)CC1. The van der Waals surface area contributed by atoms with Crippen molar-refractivity contribution in [3.63, 3.8) is 0 Å². The largest absolute Gasteiger partial charge is 0.497 e. The van der Waals surface area contributed by atoms with Gasteiger partial charge in [0.2, 0.25) is 10.0 Å². The molecule has 1 fully saturated rings. The molecule has 0 aromatic heterocycles.